The van der Waals surface area contributed by atoms with Crippen LogP contribution in [-0.4, -0.2) is 42.0 Å². The number of aromatic nitrogens is 1. The zero-order valence-corrected chi connectivity index (χ0v) is 11.8. The molecule has 5 nitrogen and oxygen atoms in total. The lowest BCUT2D eigenvalue weighted by molar-refractivity contribution is 0.0697. The van der Waals surface area contributed by atoms with Gasteiger partial charge in [-0.2, -0.15) is 0 Å². The van der Waals surface area contributed by atoms with E-state index < -0.39 is 0 Å². The van der Waals surface area contributed by atoms with E-state index in [9.17, 15) is 9.59 Å². The molecule has 1 fully saturated rings. The van der Waals surface area contributed by atoms with E-state index in [4.69, 9.17) is 0 Å². The number of likely N-dealkylation sites (N-methyl/N-ethyl adjacent to an activating group) is 1. The van der Waals surface area contributed by atoms with Crippen molar-refractivity contribution in [1.29, 1.82) is 0 Å². The van der Waals surface area contributed by atoms with Gasteiger partial charge in [0.25, 0.3) is 11.5 Å². The Morgan fingerprint density at radius 2 is 2.39 bits per heavy atom. The van der Waals surface area contributed by atoms with E-state index in [1.165, 1.54) is 6.20 Å². The second-order valence-corrected chi connectivity index (χ2v) is 5.30. The number of H-pyrrole nitrogens is 1. The Labute approximate surface area is 114 Å². The van der Waals surface area contributed by atoms with Gasteiger partial charge >= 0.3 is 0 Å². The fourth-order valence-corrected chi connectivity index (χ4v) is 2.52. The molecule has 1 aromatic rings. The standard InChI is InChI=1S/C12H16BrN3O2/c1-14-9-3-2-4-16(7-9)12(18)8-5-10(13)11(17)15-6-8/h5-6,9,14H,2-4,7H2,1H3,(H,15,17)/t9-/m0/s1. The Hall–Kier alpha value is -1.14. The summed E-state index contributed by atoms with van der Waals surface area (Å²) in [5.41, 5.74) is 0.288. The topological polar surface area (TPSA) is 65.2 Å². The smallest absolute Gasteiger partial charge is 0.262 e. The molecule has 2 N–H and O–H groups in total. The van der Waals surface area contributed by atoms with Gasteiger partial charge in [0.15, 0.2) is 0 Å². The Morgan fingerprint density at radius 1 is 1.61 bits per heavy atom. The molecule has 18 heavy (non-hydrogen) atoms. The summed E-state index contributed by atoms with van der Waals surface area (Å²) in [5, 5.41) is 3.20. The van der Waals surface area contributed by atoms with E-state index in [0.29, 0.717) is 22.6 Å². The van der Waals surface area contributed by atoms with Crippen molar-refractivity contribution in [2.24, 2.45) is 0 Å². The van der Waals surface area contributed by atoms with Crippen molar-refractivity contribution in [1.82, 2.24) is 15.2 Å². The number of carbonyl (C=O) groups is 1. The van der Waals surface area contributed by atoms with Crippen LogP contribution in [0.2, 0.25) is 0 Å². The first-order valence-corrected chi connectivity index (χ1v) is 6.76. The van der Waals surface area contributed by atoms with Gasteiger partial charge in [-0.3, -0.25) is 9.59 Å². The molecule has 1 aliphatic heterocycles. The van der Waals surface area contributed by atoms with Gasteiger partial charge in [-0.15, -0.1) is 0 Å². The predicted octanol–water partition coefficient (Wildman–Crippen LogP) is 0.961. The summed E-state index contributed by atoms with van der Waals surface area (Å²) in [6.45, 7) is 1.49. The molecule has 6 heteroatoms. The van der Waals surface area contributed by atoms with Gasteiger partial charge in [0.1, 0.15) is 0 Å². The molecule has 1 amide bonds. The first kappa shape index (κ1) is 13.3. The first-order valence-electron chi connectivity index (χ1n) is 5.96. The molecule has 0 spiro atoms. The number of pyridine rings is 1. The van der Waals surface area contributed by atoms with Gasteiger partial charge in [0, 0.05) is 25.3 Å². The number of halogens is 1. The number of carbonyl (C=O) groups excluding carboxylic acids is 1. The molecule has 0 unspecified atom stereocenters. The average Bonchev–Trinajstić information content (AvgIpc) is 2.41. The molecule has 0 bridgehead atoms. The van der Waals surface area contributed by atoms with E-state index in [0.717, 1.165) is 19.4 Å². The lowest BCUT2D eigenvalue weighted by atomic mass is 10.1. The van der Waals surface area contributed by atoms with Crippen LogP contribution in [0.1, 0.15) is 23.2 Å². The Balaban J connectivity index is 2.15. The minimum absolute atomic E-state index is 0.0353. The molecule has 0 saturated carbocycles. The van der Waals surface area contributed by atoms with Crippen molar-refractivity contribution in [3.63, 3.8) is 0 Å². The van der Waals surface area contributed by atoms with E-state index in [2.05, 4.69) is 26.2 Å². The molecule has 1 atom stereocenters. The highest BCUT2D eigenvalue weighted by Crippen LogP contribution is 2.14. The average molecular weight is 314 g/mol. The molecular formula is C12H16BrN3O2. The maximum Gasteiger partial charge on any atom is 0.262 e. The highest BCUT2D eigenvalue weighted by atomic mass is 79.9. The number of piperidine rings is 1. The zero-order chi connectivity index (χ0) is 13.1. The predicted molar refractivity (Wildman–Crippen MR) is 72.7 cm³/mol. The molecule has 98 valence electrons. The van der Waals surface area contributed by atoms with Crippen molar-refractivity contribution in [3.8, 4) is 0 Å². The van der Waals surface area contributed by atoms with Crippen LogP contribution in [0, 0.1) is 0 Å². The second kappa shape index (κ2) is 5.67. The lowest BCUT2D eigenvalue weighted by Gasteiger charge is -2.32. The van der Waals surface area contributed by atoms with E-state index in [1.54, 1.807) is 6.07 Å². The molecular weight excluding hydrogens is 298 g/mol. The van der Waals surface area contributed by atoms with Crippen LogP contribution in [0.3, 0.4) is 0 Å². The van der Waals surface area contributed by atoms with Crippen LogP contribution in [0.25, 0.3) is 0 Å². The first-order chi connectivity index (χ1) is 8.61. The number of hydrogen-bond acceptors (Lipinski definition) is 3. The summed E-state index contributed by atoms with van der Waals surface area (Å²) in [5.74, 6) is -0.0353. The minimum atomic E-state index is -0.224. The largest absolute Gasteiger partial charge is 0.337 e. The lowest BCUT2D eigenvalue weighted by Crippen LogP contribution is -2.47. The fourth-order valence-electron chi connectivity index (χ4n) is 2.16. The van der Waals surface area contributed by atoms with E-state index >= 15 is 0 Å². The third kappa shape index (κ3) is 2.81. The number of hydrogen-bond donors (Lipinski definition) is 2. The maximum atomic E-state index is 12.3. The van der Waals surface area contributed by atoms with Gasteiger partial charge in [-0.1, -0.05) is 0 Å². The number of likely N-dealkylation sites (tertiary alicyclic amines) is 1. The van der Waals surface area contributed by atoms with Gasteiger partial charge < -0.3 is 15.2 Å². The Morgan fingerprint density at radius 3 is 3.06 bits per heavy atom. The molecule has 1 aromatic heterocycles. The van der Waals surface area contributed by atoms with Crippen LogP contribution in [0.15, 0.2) is 21.5 Å². The zero-order valence-electron chi connectivity index (χ0n) is 10.2. The van der Waals surface area contributed by atoms with E-state index in [-0.39, 0.29) is 11.5 Å². The molecule has 0 aromatic carbocycles. The molecule has 0 aliphatic carbocycles. The highest BCUT2D eigenvalue weighted by molar-refractivity contribution is 9.10. The normalized spacial score (nSPS) is 19.9. The number of amides is 1. The Kier molecular flexibility index (Phi) is 4.19. The second-order valence-electron chi connectivity index (χ2n) is 4.44. The van der Waals surface area contributed by atoms with Gasteiger partial charge in [-0.05, 0) is 41.9 Å². The van der Waals surface area contributed by atoms with Crippen LogP contribution >= 0.6 is 15.9 Å². The molecule has 1 saturated heterocycles. The monoisotopic (exact) mass is 313 g/mol. The summed E-state index contributed by atoms with van der Waals surface area (Å²) in [6, 6.07) is 1.93. The molecule has 2 rings (SSSR count). The van der Waals surface area contributed by atoms with Crippen LogP contribution < -0.4 is 10.9 Å². The SMILES string of the molecule is CN[C@H]1CCCN(C(=O)c2c[nH]c(=O)c(Br)c2)C1. The number of aromatic amines is 1. The third-order valence-electron chi connectivity index (χ3n) is 3.22. The van der Waals surface area contributed by atoms with Crippen molar-refractivity contribution in [3.05, 3.63) is 32.7 Å². The van der Waals surface area contributed by atoms with Crippen molar-refractivity contribution in [2.45, 2.75) is 18.9 Å². The quantitative estimate of drug-likeness (QED) is 0.855. The van der Waals surface area contributed by atoms with Crippen molar-refractivity contribution in [2.75, 3.05) is 20.1 Å². The third-order valence-corrected chi connectivity index (χ3v) is 3.81. The molecule has 2 heterocycles. The van der Waals surface area contributed by atoms with Crippen LogP contribution in [0.4, 0.5) is 0 Å². The van der Waals surface area contributed by atoms with Gasteiger partial charge in [0.2, 0.25) is 0 Å². The summed E-state index contributed by atoms with van der Waals surface area (Å²) in [4.78, 5) is 27.9. The highest BCUT2D eigenvalue weighted by Gasteiger charge is 2.23. The van der Waals surface area contributed by atoms with Crippen molar-refractivity contribution >= 4 is 21.8 Å². The van der Waals surface area contributed by atoms with Crippen LogP contribution in [0.5, 0.6) is 0 Å². The summed E-state index contributed by atoms with van der Waals surface area (Å²) in [6.07, 6.45) is 3.57. The number of nitrogens with one attached hydrogen (secondary N) is 2. The van der Waals surface area contributed by atoms with E-state index in [1.807, 2.05) is 11.9 Å². The minimum Gasteiger partial charge on any atom is -0.337 e. The number of rotatable bonds is 2. The maximum absolute atomic E-state index is 12.3. The molecule has 1 aliphatic rings. The van der Waals surface area contributed by atoms with Crippen LogP contribution in [-0.2, 0) is 0 Å². The van der Waals surface area contributed by atoms with Crippen molar-refractivity contribution < 1.29 is 4.79 Å². The van der Waals surface area contributed by atoms with Gasteiger partial charge in [-0.25, -0.2) is 0 Å². The summed E-state index contributed by atoms with van der Waals surface area (Å²) >= 11 is 3.14. The van der Waals surface area contributed by atoms with Gasteiger partial charge in [0.05, 0.1) is 10.0 Å². The summed E-state index contributed by atoms with van der Waals surface area (Å²) in [7, 11) is 1.91. The molecule has 0 radical (unpaired) electrons. The number of nitrogens with zero attached hydrogens (tertiary/aromatic N) is 1. The fraction of sp³-hybridized carbons (Fsp3) is 0.500. The summed E-state index contributed by atoms with van der Waals surface area (Å²) < 4.78 is 0.385. The Bertz CT molecular complexity index is 500.